The minimum absolute atomic E-state index is 0.478. The highest BCUT2D eigenvalue weighted by atomic mass is 35.5. The van der Waals surface area contributed by atoms with Crippen LogP contribution in [-0.2, 0) is 6.54 Å². The third kappa shape index (κ3) is 2.47. The minimum atomic E-state index is 0.478. The van der Waals surface area contributed by atoms with Crippen LogP contribution in [0.2, 0.25) is 5.02 Å². The Labute approximate surface area is 121 Å². The lowest BCUT2D eigenvalue weighted by molar-refractivity contribution is 1.15. The van der Waals surface area contributed by atoms with Gasteiger partial charge in [-0.2, -0.15) is 5.26 Å². The molecule has 2 N–H and O–H groups in total. The van der Waals surface area contributed by atoms with Crippen LogP contribution in [-0.4, -0.2) is 4.98 Å². The van der Waals surface area contributed by atoms with Gasteiger partial charge in [0.1, 0.15) is 6.07 Å². The predicted molar refractivity (Wildman–Crippen MR) is 81.8 cm³/mol. The van der Waals surface area contributed by atoms with Crippen molar-refractivity contribution < 1.29 is 0 Å². The third-order valence-electron chi connectivity index (χ3n) is 3.20. The molecule has 20 heavy (non-hydrogen) atoms. The largest absolute Gasteiger partial charge is 0.381 e. The van der Waals surface area contributed by atoms with Crippen LogP contribution in [0.5, 0.6) is 0 Å². The molecule has 98 valence electrons. The van der Waals surface area contributed by atoms with E-state index in [1.54, 1.807) is 12.1 Å². The molecule has 0 saturated carbocycles. The van der Waals surface area contributed by atoms with E-state index >= 15 is 0 Å². The number of benzene rings is 2. The summed E-state index contributed by atoms with van der Waals surface area (Å²) in [5, 5.41) is 13.9. The standard InChI is InChI=1S/C16H12ClN3/c17-15-4-3-14(8-13(15)9-18)20-10-11-1-2-12-5-6-19-16(12)7-11/h1-8,19-20H,10H2. The number of hydrogen-bond donors (Lipinski definition) is 2. The Morgan fingerprint density at radius 3 is 2.90 bits per heavy atom. The van der Waals surface area contributed by atoms with E-state index in [1.165, 1.54) is 10.9 Å². The summed E-state index contributed by atoms with van der Waals surface area (Å²) < 4.78 is 0. The van der Waals surface area contributed by atoms with Crippen LogP contribution in [0.4, 0.5) is 5.69 Å². The summed E-state index contributed by atoms with van der Waals surface area (Å²) in [6.45, 7) is 0.696. The molecule has 0 aliphatic heterocycles. The maximum atomic E-state index is 8.96. The van der Waals surface area contributed by atoms with E-state index in [0.29, 0.717) is 17.1 Å². The van der Waals surface area contributed by atoms with E-state index in [-0.39, 0.29) is 0 Å². The van der Waals surface area contributed by atoms with Gasteiger partial charge in [0.05, 0.1) is 10.6 Å². The van der Waals surface area contributed by atoms with E-state index < -0.39 is 0 Å². The van der Waals surface area contributed by atoms with Crippen molar-refractivity contribution >= 4 is 28.2 Å². The first-order valence-corrected chi connectivity index (χ1v) is 6.63. The highest BCUT2D eigenvalue weighted by Crippen LogP contribution is 2.21. The molecule has 2 aromatic carbocycles. The zero-order valence-corrected chi connectivity index (χ0v) is 11.4. The zero-order chi connectivity index (χ0) is 13.9. The van der Waals surface area contributed by atoms with Crippen LogP contribution < -0.4 is 5.32 Å². The summed E-state index contributed by atoms with van der Waals surface area (Å²) >= 11 is 5.91. The maximum absolute atomic E-state index is 8.96. The fraction of sp³-hybridized carbons (Fsp3) is 0.0625. The Hall–Kier alpha value is -2.44. The van der Waals surface area contributed by atoms with Gasteiger partial charge in [0.15, 0.2) is 0 Å². The molecule has 0 aliphatic carbocycles. The number of aromatic amines is 1. The van der Waals surface area contributed by atoms with Crippen molar-refractivity contribution in [3.63, 3.8) is 0 Å². The molecule has 4 heteroatoms. The summed E-state index contributed by atoms with van der Waals surface area (Å²) in [5.74, 6) is 0. The highest BCUT2D eigenvalue weighted by molar-refractivity contribution is 6.31. The van der Waals surface area contributed by atoms with Crippen molar-refractivity contribution in [2.75, 3.05) is 5.32 Å². The number of fused-ring (bicyclic) bond motifs is 1. The van der Waals surface area contributed by atoms with Crippen molar-refractivity contribution in [3.05, 3.63) is 64.8 Å². The number of hydrogen-bond acceptors (Lipinski definition) is 2. The molecule has 0 fully saturated rings. The number of nitrogens with zero attached hydrogens (tertiary/aromatic N) is 1. The monoisotopic (exact) mass is 281 g/mol. The number of halogens is 1. The molecule has 0 aliphatic rings. The third-order valence-corrected chi connectivity index (χ3v) is 3.53. The van der Waals surface area contributed by atoms with E-state index in [2.05, 4.69) is 34.6 Å². The second-order valence-electron chi connectivity index (χ2n) is 4.56. The molecule has 0 radical (unpaired) electrons. The Bertz CT molecular complexity index is 799. The first-order chi connectivity index (χ1) is 9.76. The number of rotatable bonds is 3. The SMILES string of the molecule is N#Cc1cc(NCc2ccc3cc[nH]c3c2)ccc1Cl. The van der Waals surface area contributed by atoms with Gasteiger partial charge in [-0.1, -0.05) is 23.7 Å². The summed E-state index contributed by atoms with van der Waals surface area (Å²) in [5.41, 5.74) is 3.67. The summed E-state index contributed by atoms with van der Waals surface area (Å²) in [6, 6.07) is 15.8. The highest BCUT2D eigenvalue weighted by Gasteiger charge is 2.02. The lowest BCUT2D eigenvalue weighted by Crippen LogP contribution is -1.99. The molecular formula is C16H12ClN3. The van der Waals surface area contributed by atoms with Crippen LogP contribution in [0.15, 0.2) is 48.7 Å². The second-order valence-corrected chi connectivity index (χ2v) is 4.97. The van der Waals surface area contributed by atoms with Gasteiger partial charge in [0.2, 0.25) is 0 Å². The average Bonchev–Trinajstić information content (AvgIpc) is 2.94. The van der Waals surface area contributed by atoms with E-state index in [4.69, 9.17) is 16.9 Å². The van der Waals surface area contributed by atoms with Crippen LogP contribution >= 0.6 is 11.6 Å². The topological polar surface area (TPSA) is 51.6 Å². The molecule has 0 amide bonds. The first kappa shape index (κ1) is 12.6. The molecule has 0 unspecified atom stereocenters. The molecule has 1 aromatic heterocycles. The van der Waals surface area contributed by atoms with Crippen molar-refractivity contribution in [2.24, 2.45) is 0 Å². The van der Waals surface area contributed by atoms with E-state index in [9.17, 15) is 0 Å². The number of H-pyrrole nitrogens is 1. The predicted octanol–water partition coefficient (Wildman–Crippen LogP) is 4.31. The molecule has 0 spiro atoms. The average molecular weight is 282 g/mol. The molecule has 0 saturated heterocycles. The van der Waals surface area contributed by atoms with Gasteiger partial charge < -0.3 is 10.3 Å². The quantitative estimate of drug-likeness (QED) is 0.752. The molecule has 0 bridgehead atoms. The smallest absolute Gasteiger partial charge is 0.101 e. The van der Waals surface area contributed by atoms with Gasteiger partial charge in [0, 0.05) is 23.9 Å². The fourth-order valence-corrected chi connectivity index (χ4v) is 2.29. The molecule has 3 nitrogen and oxygen atoms in total. The fourth-order valence-electron chi connectivity index (χ4n) is 2.13. The summed E-state index contributed by atoms with van der Waals surface area (Å²) in [6.07, 6.45) is 1.93. The minimum Gasteiger partial charge on any atom is -0.381 e. The number of aromatic nitrogens is 1. The van der Waals surface area contributed by atoms with E-state index in [1.807, 2.05) is 18.3 Å². The Morgan fingerprint density at radius 1 is 1.15 bits per heavy atom. The number of anilines is 1. The lowest BCUT2D eigenvalue weighted by atomic mass is 10.1. The molecule has 3 aromatic rings. The molecule has 0 atom stereocenters. The molecule has 1 heterocycles. The van der Waals surface area contributed by atoms with Gasteiger partial charge in [-0.3, -0.25) is 0 Å². The second kappa shape index (κ2) is 5.28. The van der Waals surface area contributed by atoms with Crippen LogP contribution in [0.3, 0.4) is 0 Å². The van der Waals surface area contributed by atoms with Crippen LogP contribution in [0.25, 0.3) is 10.9 Å². The number of nitriles is 1. The zero-order valence-electron chi connectivity index (χ0n) is 10.7. The van der Waals surface area contributed by atoms with Gasteiger partial charge in [0.25, 0.3) is 0 Å². The number of nitrogens with one attached hydrogen (secondary N) is 2. The van der Waals surface area contributed by atoms with Crippen molar-refractivity contribution in [1.82, 2.24) is 4.98 Å². The van der Waals surface area contributed by atoms with E-state index in [0.717, 1.165) is 11.2 Å². The lowest BCUT2D eigenvalue weighted by Gasteiger charge is -2.07. The summed E-state index contributed by atoms with van der Waals surface area (Å²) in [4.78, 5) is 3.20. The first-order valence-electron chi connectivity index (χ1n) is 6.26. The van der Waals surface area contributed by atoms with Crippen molar-refractivity contribution in [2.45, 2.75) is 6.54 Å². The maximum Gasteiger partial charge on any atom is 0.101 e. The van der Waals surface area contributed by atoms with Crippen LogP contribution in [0, 0.1) is 11.3 Å². The van der Waals surface area contributed by atoms with Gasteiger partial charge in [-0.05, 0) is 41.3 Å². The Balaban J connectivity index is 1.77. The van der Waals surface area contributed by atoms with Gasteiger partial charge in [-0.25, -0.2) is 0 Å². The van der Waals surface area contributed by atoms with Crippen molar-refractivity contribution in [1.29, 1.82) is 5.26 Å². The van der Waals surface area contributed by atoms with Crippen molar-refractivity contribution in [3.8, 4) is 6.07 Å². The Kier molecular flexibility index (Phi) is 3.32. The van der Waals surface area contributed by atoms with Gasteiger partial charge >= 0.3 is 0 Å². The normalized spacial score (nSPS) is 10.4. The van der Waals surface area contributed by atoms with Crippen LogP contribution in [0.1, 0.15) is 11.1 Å². The van der Waals surface area contributed by atoms with Gasteiger partial charge in [-0.15, -0.1) is 0 Å². The molecular weight excluding hydrogens is 270 g/mol. The summed E-state index contributed by atoms with van der Waals surface area (Å²) in [7, 11) is 0. The Morgan fingerprint density at radius 2 is 2.05 bits per heavy atom. The molecule has 3 rings (SSSR count).